The lowest BCUT2D eigenvalue weighted by Gasteiger charge is -2.23. The average molecular weight is 256 g/mol. The summed E-state index contributed by atoms with van der Waals surface area (Å²) in [5.74, 6) is 0. The van der Waals surface area contributed by atoms with Gasteiger partial charge in [0.05, 0.1) is 0 Å². The van der Waals surface area contributed by atoms with Crippen LogP contribution in [-0.4, -0.2) is 37.5 Å². The van der Waals surface area contributed by atoms with Crippen molar-refractivity contribution in [2.24, 2.45) is 0 Å². The molecule has 0 spiro atoms. The van der Waals surface area contributed by atoms with Crippen LogP contribution < -0.4 is 10.0 Å². The molecule has 2 N–H and O–H groups in total. The fraction of sp³-hybridized carbons (Fsp3) is 0.600. The van der Waals surface area contributed by atoms with Gasteiger partial charge in [0, 0.05) is 24.5 Å². The maximum absolute atomic E-state index is 12.0. The fourth-order valence-electron chi connectivity index (χ4n) is 1.78. The monoisotopic (exact) mass is 256 g/mol. The first kappa shape index (κ1) is 12.4. The Balaban J connectivity index is 2.13. The van der Waals surface area contributed by atoms with Crippen molar-refractivity contribution in [3.05, 3.63) is 18.0 Å². The van der Waals surface area contributed by atoms with Crippen LogP contribution in [0, 0.1) is 6.92 Å². The molecule has 0 amide bonds. The molecule has 0 unspecified atom stereocenters. The molecule has 2 heterocycles. The van der Waals surface area contributed by atoms with Gasteiger partial charge in [0.2, 0.25) is 0 Å². The molecule has 1 aromatic rings. The lowest BCUT2D eigenvalue weighted by molar-refractivity contribution is 0.427. The number of piperidine rings is 1. The summed E-state index contributed by atoms with van der Waals surface area (Å²) in [5, 5.41) is 3.00. The molecule has 0 bridgehead atoms. The molecular weight excluding hydrogens is 240 g/mol. The highest BCUT2D eigenvalue weighted by Crippen LogP contribution is 2.07. The average Bonchev–Trinajstić information content (AvgIpc) is 2.30. The Morgan fingerprint density at radius 2 is 2.35 bits per heavy atom. The van der Waals surface area contributed by atoms with E-state index in [-0.39, 0.29) is 11.2 Å². The van der Waals surface area contributed by atoms with Gasteiger partial charge in [0.1, 0.15) is 0 Å². The maximum atomic E-state index is 12.0. The van der Waals surface area contributed by atoms with Gasteiger partial charge in [-0.15, -0.1) is 0 Å². The molecule has 0 aliphatic carbocycles. The minimum atomic E-state index is -3.59. The summed E-state index contributed by atoms with van der Waals surface area (Å²) in [6, 6.07) is 1.60. The molecule has 2 rings (SSSR count). The summed E-state index contributed by atoms with van der Waals surface area (Å²) in [6.07, 6.45) is 3.27. The van der Waals surface area contributed by atoms with Gasteiger partial charge in [-0.3, -0.25) is 0 Å². The molecular formula is C10H16N4O2S. The predicted molar refractivity (Wildman–Crippen MR) is 63.0 cm³/mol. The quantitative estimate of drug-likeness (QED) is 0.733. The Labute approximate surface area is 101 Å². The Morgan fingerprint density at radius 3 is 3.00 bits per heavy atom. The van der Waals surface area contributed by atoms with Gasteiger partial charge in [0.15, 0.2) is 0 Å². The molecule has 1 aromatic heterocycles. The molecule has 94 valence electrons. The molecule has 1 atom stereocenters. The van der Waals surface area contributed by atoms with Crippen molar-refractivity contribution in [1.29, 1.82) is 0 Å². The van der Waals surface area contributed by atoms with Crippen molar-refractivity contribution < 1.29 is 8.42 Å². The topological polar surface area (TPSA) is 84.0 Å². The second kappa shape index (κ2) is 5.07. The van der Waals surface area contributed by atoms with E-state index in [9.17, 15) is 8.42 Å². The zero-order chi connectivity index (χ0) is 12.3. The molecule has 1 fully saturated rings. The van der Waals surface area contributed by atoms with Crippen LogP contribution in [0.4, 0.5) is 0 Å². The van der Waals surface area contributed by atoms with E-state index in [0.29, 0.717) is 12.2 Å². The van der Waals surface area contributed by atoms with E-state index in [2.05, 4.69) is 20.0 Å². The number of sulfonamides is 1. The summed E-state index contributed by atoms with van der Waals surface area (Å²) in [6.45, 7) is 3.34. The molecule has 0 radical (unpaired) electrons. The van der Waals surface area contributed by atoms with Crippen molar-refractivity contribution >= 4 is 10.0 Å². The zero-order valence-electron chi connectivity index (χ0n) is 9.68. The second-order valence-electron chi connectivity index (χ2n) is 4.15. The summed E-state index contributed by atoms with van der Waals surface area (Å²) in [4.78, 5) is 7.72. The fourth-order valence-corrected chi connectivity index (χ4v) is 2.99. The van der Waals surface area contributed by atoms with Crippen LogP contribution in [0.1, 0.15) is 18.5 Å². The minimum absolute atomic E-state index is 0.0714. The third-order valence-corrected chi connectivity index (χ3v) is 3.95. The van der Waals surface area contributed by atoms with Gasteiger partial charge in [-0.05, 0) is 32.4 Å². The maximum Gasteiger partial charge on any atom is 0.276 e. The number of hydrogen-bond acceptors (Lipinski definition) is 5. The Bertz CT molecular complexity index is 483. The Kier molecular flexibility index (Phi) is 3.70. The van der Waals surface area contributed by atoms with E-state index < -0.39 is 10.0 Å². The van der Waals surface area contributed by atoms with Crippen LogP contribution in [0.15, 0.2) is 17.4 Å². The Morgan fingerprint density at radius 1 is 1.53 bits per heavy atom. The van der Waals surface area contributed by atoms with E-state index in [1.165, 1.54) is 6.20 Å². The van der Waals surface area contributed by atoms with Gasteiger partial charge in [-0.1, -0.05) is 0 Å². The first-order valence-electron chi connectivity index (χ1n) is 5.60. The van der Waals surface area contributed by atoms with Gasteiger partial charge < -0.3 is 5.32 Å². The van der Waals surface area contributed by atoms with E-state index in [4.69, 9.17) is 0 Å². The molecule has 1 aliphatic heterocycles. The van der Waals surface area contributed by atoms with Crippen molar-refractivity contribution in [2.75, 3.05) is 13.1 Å². The number of hydrogen-bond donors (Lipinski definition) is 2. The molecule has 1 aliphatic rings. The number of rotatable bonds is 3. The van der Waals surface area contributed by atoms with Crippen molar-refractivity contribution in [2.45, 2.75) is 31.0 Å². The van der Waals surface area contributed by atoms with Crippen LogP contribution in [0.25, 0.3) is 0 Å². The van der Waals surface area contributed by atoms with Crippen molar-refractivity contribution in [3.63, 3.8) is 0 Å². The van der Waals surface area contributed by atoms with E-state index in [1.807, 2.05) is 0 Å². The van der Waals surface area contributed by atoms with E-state index >= 15 is 0 Å². The molecule has 0 saturated carbocycles. The first-order valence-corrected chi connectivity index (χ1v) is 7.09. The highest BCUT2D eigenvalue weighted by molar-refractivity contribution is 7.89. The minimum Gasteiger partial charge on any atom is -0.315 e. The van der Waals surface area contributed by atoms with Gasteiger partial charge >= 0.3 is 0 Å². The van der Waals surface area contributed by atoms with Crippen LogP contribution in [0.2, 0.25) is 0 Å². The summed E-state index contributed by atoms with van der Waals surface area (Å²) in [5.41, 5.74) is 0.641. The second-order valence-corrected chi connectivity index (χ2v) is 5.75. The van der Waals surface area contributed by atoms with Crippen LogP contribution >= 0.6 is 0 Å². The third-order valence-electron chi connectivity index (χ3n) is 2.63. The molecule has 6 nitrogen and oxygen atoms in total. The lowest BCUT2D eigenvalue weighted by Crippen LogP contribution is -2.45. The zero-order valence-corrected chi connectivity index (χ0v) is 10.5. The molecule has 17 heavy (non-hydrogen) atoms. The van der Waals surface area contributed by atoms with Gasteiger partial charge in [0.25, 0.3) is 15.2 Å². The van der Waals surface area contributed by atoms with E-state index in [1.54, 1.807) is 13.0 Å². The number of nitrogens with zero attached hydrogens (tertiary/aromatic N) is 2. The number of aryl methyl sites for hydroxylation is 1. The first-order chi connectivity index (χ1) is 8.08. The predicted octanol–water partition coefficient (Wildman–Crippen LogP) is -0.185. The number of nitrogens with one attached hydrogen (secondary N) is 2. The lowest BCUT2D eigenvalue weighted by atomic mass is 10.1. The summed E-state index contributed by atoms with van der Waals surface area (Å²) >= 11 is 0. The largest absolute Gasteiger partial charge is 0.315 e. The Hall–Kier alpha value is -1.05. The van der Waals surface area contributed by atoms with E-state index in [0.717, 1.165) is 19.4 Å². The highest BCUT2D eigenvalue weighted by Gasteiger charge is 2.23. The molecule has 1 saturated heterocycles. The smallest absolute Gasteiger partial charge is 0.276 e. The van der Waals surface area contributed by atoms with Crippen LogP contribution in [-0.2, 0) is 10.0 Å². The molecule has 7 heteroatoms. The summed E-state index contributed by atoms with van der Waals surface area (Å²) in [7, 11) is -3.59. The highest BCUT2D eigenvalue weighted by atomic mass is 32.2. The standard InChI is InChI=1S/C10H16N4O2S/c1-8-4-6-12-10(13-8)17(15,16)14-9-3-2-5-11-7-9/h4,6,9,11,14H,2-3,5,7H2,1H3/t9-/m1/s1. The van der Waals surface area contributed by atoms with Crippen LogP contribution in [0.3, 0.4) is 0 Å². The summed E-state index contributed by atoms with van der Waals surface area (Å²) < 4.78 is 26.6. The van der Waals surface area contributed by atoms with Gasteiger partial charge in [-0.25, -0.2) is 23.1 Å². The van der Waals surface area contributed by atoms with Gasteiger partial charge in [-0.2, -0.15) is 0 Å². The number of aromatic nitrogens is 2. The van der Waals surface area contributed by atoms with Crippen LogP contribution in [0.5, 0.6) is 0 Å². The molecule has 0 aromatic carbocycles. The SMILES string of the molecule is Cc1ccnc(S(=O)(=O)N[C@@H]2CCCNC2)n1. The third kappa shape index (κ3) is 3.21. The van der Waals surface area contributed by atoms with Crippen molar-refractivity contribution in [3.8, 4) is 0 Å². The van der Waals surface area contributed by atoms with Crippen molar-refractivity contribution in [1.82, 2.24) is 20.0 Å². The normalized spacial score (nSPS) is 21.4.